The number of anilines is 1. The first-order valence-electron chi connectivity index (χ1n) is 4.91. The quantitative estimate of drug-likeness (QED) is 0.744. The van der Waals surface area contributed by atoms with Crippen LogP contribution in [0.2, 0.25) is 5.28 Å². The molecule has 82 valence electrons. The lowest BCUT2D eigenvalue weighted by molar-refractivity contribution is 0.418. The molecule has 3 nitrogen and oxygen atoms in total. The minimum absolute atomic E-state index is 0.304. The molecule has 0 radical (unpaired) electrons. The molecule has 0 bridgehead atoms. The molecule has 0 atom stereocenters. The van der Waals surface area contributed by atoms with Gasteiger partial charge >= 0.3 is 0 Å². The van der Waals surface area contributed by atoms with Gasteiger partial charge in [0.2, 0.25) is 5.28 Å². The molecule has 0 saturated carbocycles. The molecule has 2 rings (SSSR count). The van der Waals surface area contributed by atoms with Crippen LogP contribution < -0.4 is 4.90 Å². The molecule has 0 unspecified atom stereocenters. The van der Waals surface area contributed by atoms with Gasteiger partial charge in [0, 0.05) is 19.3 Å². The predicted octanol–water partition coefficient (Wildman–Crippen LogP) is 3.13. The summed E-state index contributed by atoms with van der Waals surface area (Å²) in [5.74, 6) is 0.903. The van der Waals surface area contributed by atoms with Crippen molar-refractivity contribution in [1.82, 2.24) is 9.97 Å². The van der Waals surface area contributed by atoms with Gasteiger partial charge in [0.1, 0.15) is 5.82 Å². The van der Waals surface area contributed by atoms with Crippen molar-refractivity contribution in [3.63, 3.8) is 0 Å². The second-order valence-corrected chi connectivity index (χ2v) is 5.84. The van der Waals surface area contributed by atoms with E-state index >= 15 is 0 Å². The molecular weight excluding hydrogens is 277 g/mol. The lowest BCUT2D eigenvalue weighted by Crippen LogP contribution is -2.24. The molecule has 15 heavy (non-hydrogen) atoms. The molecule has 0 N–H and O–H groups in total. The van der Waals surface area contributed by atoms with Gasteiger partial charge in [-0.05, 0) is 39.4 Å². The minimum Gasteiger partial charge on any atom is -0.355 e. The average molecular weight is 291 g/mol. The lowest BCUT2D eigenvalue weighted by atomic mass is 9.93. The van der Waals surface area contributed by atoms with E-state index in [0.717, 1.165) is 23.4 Å². The second kappa shape index (κ2) is 3.91. The van der Waals surface area contributed by atoms with Crippen molar-refractivity contribution in [1.29, 1.82) is 0 Å². The van der Waals surface area contributed by atoms with Crippen LogP contribution in [0, 0.1) is 5.41 Å². The fraction of sp³-hybridized carbons (Fsp3) is 0.600. The molecule has 1 aliphatic heterocycles. The fourth-order valence-electron chi connectivity index (χ4n) is 1.85. The van der Waals surface area contributed by atoms with Gasteiger partial charge in [0.05, 0.1) is 4.47 Å². The first kappa shape index (κ1) is 11.1. The summed E-state index contributed by atoms with van der Waals surface area (Å²) >= 11 is 9.25. The van der Waals surface area contributed by atoms with Crippen LogP contribution in [0.3, 0.4) is 0 Å². The Morgan fingerprint density at radius 2 is 2.27 bits per heavy atom. The zero-order chi connectivity index (χ0) is 11.1. The summed E-state index contributed by atoms with van der Waals surface area (Å²) < 4.78 is 0.907. The summed E-state index contributed by atoms with van der Waals surface area (Å²) in [6.45, 7) is 6.57. The van der Waals surface area contributed by atoms with Gasteiger partial charge in [-0.15, -0.1) is 0 Å². The smallest absolute Gasteiger partial charge is 0.224 e. The van der Waals surface area contributed by atoms with Crippen LogP contribution >= 0.6 is 27.5 Å². The highest BCUT2D eigenvalue weighted by Crippen LogP contribution is 2.34. The maximum Gasteiger partial charge on any atom is 0.224 e. The molecule has 0 aliphatic carbocycles. The van der Waals surface area contributed by atoms with Gasteiger partial charge in [-0.1, -0.05) is 13.8 Å². The van der Waals surface area contributed by atoms with Crippen molar-refractivity contribution in [2.24, 2.45) is 5.41 Å². The van der Waals surface area contributed by atoms with Crippen LogP contribution in [0.15, 0.2) is 10.7 Å². The third kappa shape index (κ3) is 2.42. The average Bonchev–Trinajstić information content (AvgIpc) is 2.50. The summed E-state index contributed by atoms with van der Waals surface area (Å²) in [5.41, 5.74) is 0.358. The Bertz CT molecular complexity index is 381. The van der Waals surface area contributed by atoms with Crippen LogP contribution in [0.4, 0.5) is 5.82 Å². The number of rotatable bonds is 1. The van der Waals surface area contributed by atoms with Crippen molar-refractivity contribution in [3.8, 4) is 0 Å². The van der Waals surface area contributed by atoms with Gasteiger partial charge in [0.25, 0.3) is 0 Å². The number of halogens is 2. The summed E-state index contributed by atoms with van der Waals surface area (Å²) in [4.78, 5) is 10.4. The Balaban J connectivity index is 2.27. The van der Waals surface area contributed by atoms with Crippen molar-refractivity contribution < 1.29 is 0 Å². The van der Waals surface area contributed by atoms with Crippen LogP contribution in [0.1, 0.15) is 20.3 Å². The van der Waals surface area contributed by atoms with E-state index in [0.29, 0.717) is 10.7 Å². The van der Waals surface area contributed by atoms with Gasteiger partial charge in [-0.3, -0.25) is 0 Å². The van der Waals surface area contributed by atoms with Gasteiger partial charge in [-0.2, -0.15) is 4.98 Å². The van der Waals surface area contributed by atoms with E-state index in [2.05, 4.69) is 44.6 Å². The molecular formula is C10H13BrClN3. The maximum atomic E-state index is 5.80. The van der Waals surface area contributed by atoms with Gasteiger partial charge in [-0.25, -0.2) is 4.98 Å². The molecule has 1 aromatic heterocycles. The standard InChI is InChI=1S/C10H13BrClN3/c1-10(2)3-4-15(6-10)8-7(11)5-13-9(12)14-8/h5H,3-4,6H2,1-2H3. The number of hydrogen-bond donors (Lipinski definition) is 0. The monoisotopic (exact) mass is 289 g/mol. The van der Waals surface area contributed by atoms with E-state index in [-0.39, 0.29) is 0 Å². The van der Waals surface area contributed by atoms with Crippen LogP contribution in [0.25, 0.3) is 0 Å². The van der Waals surface area contributed by atoms with Gasteiger partial charge < -0.3 is 4.90 Å². The number of nitrogens with zero attached hydrogens (tertiary/aromatic N) is 3. The van der Waals surface area contributed by atoms with E-state index in [9.17, 15) is 0 Å². The number of aromatic nitrogens is 2. The SMILES string of the molecule is CC1(C)CCN(c2nc(Cl)ncc2Br)C1. The summed E-state index contributed by atoms with van der Waals surface area (Å²) in [6.07, 6.45) is 2.89. The Morgan fingerprint density at radius 3 is 2.87 bits per heavy atom. The first-order valence-corrected chi connectivity index (χ1v) is 6.08. The molecule has 1 aliphatic rings. The highest BCUT2D eigenvalue weighted by atomic mass is 79.9. The maximum absolute atomic E-state index is 5.80. The van der Waals surface area contributed by atoms with Crippen LogP contribution in [0.5, 0.6) is 0 Å². The Hall–Kier alpha value is -0.350. The molecule has 0 aromatic carbocycles. The molecule has 0 amide bonds. The molecule has 1 aromatic rings. The van der Waals surface area contributed by atoms with E-state index in [1.807, 2.05) is 0 Å². The van der Waals surface area contributed by atoms with E-state index < -0.39 is 0 Å². The van der Waals surface area contributed by atoms with Crippen molar-refractivity contribution in [3.05, 3.63) is 16.0 Å². The highest BCUT2D eigenvalue weighted by molar-refractivity contribution is 9.10. The third-order valence-electron chi connectivity index (χ3n) is 2.67. The molecule has 1 fully saturated rings. The predicted molar refractivity (Wildman–Crippen MR) is 65.4 cm³/mol. The molecule has 5 heteroatoms. The zero-order valence-electron chi connectivity index (χ0n) is 8.80. The van der Waals surface area contributed by atoms with E-state index in [4.69, 9.17) is 11.6 Å². The molecule has 2 heterocycles. The fourth-order valence-corrected chi connectivity index (χ4v) is 2.42. The topological polar surface area (TPSA) is 29.0 Å². The van der Waals surface area contributed by atoms with Gasteiger partial charge in [0.15, 0.2) is 0 Å². The van der Waals surface area contributed by atoms with Crippen LogP contribution in [-0.2, 0) is 0 Å². The summed E-state index contributed by atoms with van der Waals surface area (Å²) in [6, 6.07) is 0. The zero-order valence-corrected chi connectivity index (χ0v) is 11.1. The largest absolute Gasteiger partial charge is 0.355 e. The third-order valence-corrected chi connectivity index (χ3v) is 3.41. The van der Waals surface area contributed by atoms with Crippen molar-refractivity contribution >= 4 is 33.3 Å². The minimum atomic E-state index is 0.304. The Labute approximate surface area is 103 Å². The van der Waals surface area contributed by atoms with E-state index in [1.54, 1.807) is 6.20 Å². The molecule has 0 spiro atoms. The van der Waals surface area contributed by atoms with Crippen molar-refractivity contribution in [2.45, 2.75) is 20.3 Å². The summed E-state index contributed by atoms with van der Waals surface area (Å²) in [7, 11) is 0. The van der Waals surface area contributed by atoms with E-state index in [1.165, 1.54) is 6.42 Å². The highest BCUT2D eigenvalue weighted by Gasteiger charge is 2.30. The Kier molecular flexibility index (Phi) is 2.90. The molecule has 1 saturated heterocycles. The Morgan fingerprint density at radius 1 is 1.53 bits per heavy atom. The summed E-state index contributed by atoms with van der Waals surface area (Å²) in [5, 5.41) is 0.304. The normalized spacial score (nSPS) is 19.6. The first-order chi connectivity index (χ1) is 6.98. The number of hydrogen-bond acceptors (Lipinski definition) is 3. The lowest BCUT2D eigenvalue weighted by Gasteiger charge is -2.21. The van der Waals surface area contributed by atoms with Crippen molar-refractivity contribution in [2.75, 3.05) is 18.0 Å². The van der Waals surface area contributed by atoms with Crippen LogP contribution in [-0.4, -0.2) is 23.1 Å². The second-order valence-electron chi connectivity index (χ2n) is 4.65.